The Morgan fingerprint density at radius 3 is 2.50 bits per heavy atom. The zero-order chi connectivity index (χ0) is 11.9. The fraction of sp³-hybridized carbons (Fsp3) is 0. The molecule has 2 rings (SSSR count). The predicted octanol–water partition coefficient (Wildman–Crippen LogP) is 4.83. The van der Waals surface area contributed by atoms with E-state index in [1.165, 1.54) is 6.20 Å². The van der Waals surface area contributed by atoms with Gasteiger partial charge in [-0.1, -0.05) is 34.8 Å². The molecule has 0 fully saturated rings. The molecule has 2 nitrogen and oxygen atoms in total. The molecule has 0 aliphatic heterocycles. The molecule has 0 atom stereocenters. The van der Waals surface area contributed by atoms with Crippen molar-refractivity contribution in [1.29, 1.82) is 5.26 Å². The summed E-state index contributed by atoms with van der Waals surface area (Å²) in [4.78, 5) is 4.07. The topological polar surface area (TPSA) is 36.7 Å². The lowest BCUT2D eigenvalue weighted by Crippen LogP contribution is -1.87. The van der Waals surface area contributed by atoms with Crippen molar-refractivity contribution in [3.8, 4) is 6.07 Å². The van der Waals surface area contributed by atoms with Crippen molar-refractivity contribution in [2.24, 2.45) is 0 Å². The van der Waals surface area contributed by atoms with Crippen LogP contribution in [0.1, 0.15) is 5.56 Å². The highest BCUT2D eigenvalue weighted by Gasteiger charge is 2.14. The Labute approximate surface area is 115 Å². The van der Waals surface area contributed by atoms with Crippen LogP contribution in [0.5, 0.6) is 0 Å². The van der Waals surface area contributed by atoms with Gasteiger partial charge in [-0.05, 0) is 22.0 Å². The predicted molar refractivity (Wildman–Crippen MR) is 69.2 cm³/mol. The average molecular weight is 336 g/mol. The van der Waals surface area contributed by atoms with Gasteiger partial charge in [-0.2, -0.15) is 5.26 Å². The van der Waals surface area contributed by atoms with Gasteiger partial charge in [0, 0.05) is 16.1 Å². The molecule has 0 unspecified atom stereocenters. The first-order valence-electron chi connectivity index (χ1n) is 4.08. The van der Waals surface area contributed by atoms with Crippen LogP contribution < -0.4 is 0 Å². The lowest BCUT2D eigenvalue weighted by molar-refractivity contribution is 1.37. The van der Waals surface area contributed by atoms with Gasteiger partial charge in [0.1, 0.15) is 6.07 Å². The summed E-state index contributed by atoms with van der Waals surface area (Å²) in [5, 5.41) is 10.4. The average Bonchev–Trinajstić information content (AvgIpc) is 2.28. The maximum Gasteiger partial charge on any atom is 0.102 e. The number of rotatable bonds is 0. The summed E-state index contributed by atoms with van der Waals surface area (Å²) in [6.07, 6.45) is 1.38. The van der Waals surface area contributed by atoms with Crippen LogP contribution in [0.3, 0.4) is 0 Å². The van der Waals surface area contributed by atoms with E-state index in [4.69, 9.17) is 40.1 Å². The van der Waals surface area contributed by atoms with E-state index in [0.717, 1.165) is 0 Å². The fourth-order valence-corrected chi connectivity index (χ4v) is 2.46. The van der Waals surface area contributed by atoms with Crippen LogP contribution in [0.2, 0.25) is 15.1 Å². The lowest BCUT2D eigenvalue weighted by Gasteiger charge is -2.06. The SMILES string of the molecule is N#Cc1cnc2c(Cl)c(Cl)c(Br)cc2c1Cl. The minimum Gasteiger partial charge on any atom is -0.253 e. The largest absolute Gasteiger partial charge is 0.253 e. The Hall–Kier alpha value is -0.530. The number of nitriles is 1. The highest BCUT2D eigenvalue weighted by Crippen LogP contribution is 2.38. The van der Waals surface area contributed by atoms with Gasteiger partial charge in [0.2, 0.25) is 0 Å². The molecular weight excluding hydrogens is 334 g/mol. The molecule has 0 N–H and O–H groups in total. The van der Waals surface area contributed by atoms with Crippen molar-refractivity contribution in [2.45, 2.75) is 0 Å². The van der Waals surface area contributed by atoms with Crippen LogP contribution in [0.4, 0.5) is 0 Å². The Bertz CT molecular complexity index is 634. The molecule has 6 heteroatoms. The second kappa shape index (κ2) is 4.38. The number of nitrogens with zero attached hydrogens (tertiary/aromatic N) is 2. The third kappa shape index (κ3) is 1.76. The van der Waals surface area contributed by atoms with E-state index >= 15 is 0 Å². The molecule has 0 spiro atoms. The standard InChI is InChI=1S/C10H2BrCl3N2/c11-6-1-5-7(12)4(2-15)3-16-10(5)9(14)8(6)13/h1,3H. The summed E-state index contributed by atoms with van der Waals surface area (Å²) >= 11 is 21.3. The summed E-state index contributed by atoms with van der Waals surface area (Å²) in [6, 6.07) is 3.65. The minimum atomic E-state index is 0.305. The monoisotopic (exact) mass is 334 g/mol. The molecule has 1 heterocycles. The molecule has 80 valence electrons. The van der Waals surface area contributed by atoms with Crippen LogP contribution >= 0.6 is 50.7 Å². The maximum absolute atomic E-state index is 8.83. The molecule has 1 aromatic heterocycles. The number of pyridine rings is 1. The molecule has 0 amide bonds. The summed E-state index contributed by atoms with van der Waals surface area (Å²) in [6.45, 7) is 0. The molecule has 0 saturated heterocycles. The number of halogens is 4. The summed E-state index contributed by atoms with van der Waals surface area (Å²) in [5.74, 6) is 0. The summed E-state index contributed by atoms with van der Waals surface area (Å²) in [7, 11) is 0. The van der Waals surface area contributed by atoms with Crippen LogP contribution in [0, 0.1) is 11.3 Å². The number of hydrogen-bond donors (Lipinski definition) is 0. The van der Waals surface area contributed by atoms with Gasteiger partial charge in [-0.15, -0.1) is 0 Å². The zero-order valence-electron chi connectivity index (χ0n) is 7.56. The van der Waals surface area contributed by atoms with E-state index < -0.39 is 0 Å². The molecular formula is C10H2BrCl3N2. The van der Waals surface area contributed by atoms with E-state index in [9.17, 15) is 0 Å². The molecule has 0 aliphatic rings. The molecule has 0 bridgehead atoms. The molecule has 0 saturated carbocycles. The van der Waals surface area contributed by atoms with E-state index in [0.29, 0.717) is 36.0 Å². The Kier molecular flexibility index (Phi) is 3.27. The van der Waals surface area contributed by atoms with Crippen LogP contribution in [-0.2, 0) is 0 Å². The molecule has 1 aromatic carbocycles. The van der Waals surface area contributed by atoms with Crippen molar-refractivity contribution >= 4 is 61.6 Å². The van der Waals surface area contributed by atoms with Crippen molar-refractivity contribution in [3.05, 3.63) is 37.4 Å². The Morgan fingerprint density at radius 1 is 1.19 bits per heavy atom. The first-order chi connectivity index (χ1) is 7.56. The van der Waals surface area contributed by atoms with Crippen molar-refractivity contribution in [3.63, 3.8) is 0 Å². The number of hydrogen-bond acceptors (Lipinski definition) is 2. The highest BCUT2D eigenvalue weighted by molar-refractivity contribution is 9.10. The van der Waals surface area contributed by atoms with Crippen LogP contribution in [0.25, 0.3) is 10.9 Å². The van der Waals surface area contributed by atoms with E-state index in [2.05, 4.69) is 20.9 Å². The smallest absolute Gasteiger partial charge is 0.102 e. The first kappa shape index (κ1) is 11.9. The number of benzene rings is 1. The highest BCUT2D eigenvalue weighted by atomic mass is 79.9. The Morgan fingerprint density at radius 2 is 1.88 bits per heavy atom. The van der Waals surface area contributed by atoms with Gasteiger partial charge in [-0.3, -0.25) is 4.98 Å². The van der Waals surface area contributed by atoms with Gasteiger partial charge in [-0.25, -0.2) is 0 Å². The first-order valence-corrected chi connectivity index (χ1v) is 6.00. The van der Waals surface area contributed by atoms with Crippen molar-refractivity contribution < 1.29 is 0 Å². The zero-order valence-corrected chi connectivity index (χ0v) is 11.4. The summed E-state index contributed by atoms with van der Waals surface area (Å²) < 4.78 is 0.616. The molecule has 2 aromatic rings. The molecule has 0 aliphatic carbocycles. The second-order valence-corrected chi connectivity index (χ2v) is 4.97. The third-order valence-corrected chi connectivity index (χ3v) is 4.17. The lowest BCUT2D eigenvalue weighted by atomic mass is 10.1. The fourth-order valence-electron chi connectivity index (χ4n) is 1.29. The minimum absolute atomic E-state index is 0.305. The van der Waals surface area contributed by atoms with Gasteiger partial charge >= 0.3 is 0 Å². The van der Waals surface area contributed by atoms with Gasteiger partial charge < -0.3 is 0 Å². The third-order valence-electron chi connectivity index (χ3n) is 2.05. The quantitative estimate of drug-likeness (QED) is 0.646. The second-order valence-electron chi connectivity index (χ2n) is 2.98. The van der Waals surface area contributed by atoms with Crippen LogP contribution in [0.15, 0.2) is 16.7 Å². The van der Waals surface area contributed by atoms with E-state index in [1.807, 2.05) is 6.07 Å². The molecule has 0 radical (unpaired) electrons. The maximum atomic E-state index is 8.83. The van der Waals surface area contributed by atoms with Gasteiger partial charge in [0.15, 0.2) is 0 Å². The van der Waals surface area contributed by atoms with Gasteiger partial charge in [0.25, 0.3) is 0 Å². The number of fused-ring (bicyclic) bond motifs is 1. The molecule has 16 heavy (non-hydrogen) atoms. The normalized spacial score (nSPS) is 10.4. The van der Waals surface area contributed by atoms with Crippen molar-refractivity contribution in [2.75, 3.05) is 0 Å². The number of aromatic nitrogens is 1. The summed E-state index contributed by atoms with van der Waals surface area (Å²) in [5.41, 5.74) is 0.790. The van der Waals surface area contributed by atoms with E-state index in [-0.39, 0.29) is 0 Å². The Balaban J connectivity index is 2.98. The van der Waals surface area contributed by atoms with Crippen molar-refractivity contribution in [1.82, 2.24) is 4.98 Å². The van der Waals surface area contributed by atoms with Gasteiger partial charge in [0.05, 0.1) is 26.1 Å². The van der Waals surface area contributed by atoms with E-state index in [1.54, 1.807) is 6.07 Å². The van der Waals surface area contributed by atoms with Crippen LogP contribution in [-0.4, -0.2) is 4.98 Å².